The number of phenols is 1. The lowest BCUT2D eigenvalue weighted by Gasteiger charge is -2.31. The number of carbonyl (C=O) groups is 6. The Balaban J connectivity index is 1.54. The van der Waals surface area contributed by atoms with Gasteiger partial charge in [-0.3, -0.25) is 24.0 Å². The molecule has 0 unspecified atom stereocenters. The molecule has 2 heterocycles. The second kappa shape index (κ2) is 20.9. The number of H-pyrrole nitrogens is 1. The van der Waals surface area contributed by atoms with Gasteiger partial charge in [0.05, 0.1) is 18.3 Å². The van der Waals surface area contributed by atoms with E-state index < -0.39 is 77.6 Å². The molecule has 1 aliphatic heterocycles. The zero-order valence-electron chi connectivity index (χ0n) is 32.9. The van der Waals surface area contributed by atoms with E-state index in [0.717, 1.165) is 5.56 Å². The minimum absolute atomic E-state index is 0.00599. The molecule has 1 aromatic heterocycles. The van der Waals surface area contributed by atoms with Gasteiger partial charge in [-0.05, 0) is 54.4 Å². The van der Waals surface area contributed by atoms with E-state index in [9.17, 15) is 39.0 Å². The maximum absolute atomic E-state index is 14.3. The van der Waals surface area contributed by atoms with Crippen molar-refractivity contribution >= 4 is 35.5 Å². The van der Waals surface area contributed by atoms with E-state index in [2.05, 4.69) is 31.2 Å². The summed E-state index contributed by atoms with van der Waals surface area (Å²) < 4.78 is 0. The molecule has 0 aliphatic carbocycles. The van der Waals surface area contributed by atoms with Crippen LogP contribution in [0.1, 0.15) is 63.8 Å². The largest absolute Gasteiger partial charge is 0.508 e. The quantitative estimate of drug-likeness (QED) is 0.0818. The van der Waals surface area contributed by atoms with Gasteiger partial charge >= 0.3 is 5.97 Å². The number of aromatic nitrogens is 2. The first kappa shape index (κ1) is 44.0. The fraction of sp³-hybridized carbons (Fsp3) is 0.488. The summed E-state index contributed by atoms with van der Waals surface area (Å²) in [5.41, 5.74) is 8.02. The Kier molecular flexibility index (Phi) is 16.2. The van der Waals surface area contributed by atoms with Crippen LogP contribution in [0.15, 0.2) is 67.1 Å². The van der Waals surface area contributed by atoms with Gasteiger partial charge < -0.3 is 47.1 Å². The van der Waals surface area contributed by atoms with Crippen molar-refractivity contribution in [3.8, 4) is 5.75 Å². The topological polar surface area (TPSA) is 249 Å². The fourth-order valence-corrected chi connectivity index (χ4v) is 6.69. The van der Waals surface area contributed by atoms with Gasteiger partial charge in [-0.1, -0.05) is 76.6 Å². The number of aliphatic carboxylic acids is 1. The maximum atomic E-state index is 14.3. The SMILES string of the molecule is CC[C@H](C)[C@H](NC(=O)[C@H](CNC(=O)[C@@H](N)C(C)C)Cc1ccc(O)cc1)C(=O)N[C@@H](Cc1cnc[nH]1)C(=O)N1CCC[C@H]1C(=O)N[C@@H](Cc1ccccc1)C(=O)O. The molecule has 0 spiro atoms. The van der Waals surface area contributed by atoms with Crippen molar-refractivity contribution in [2.24, 2.45) is 23.5 Å². The second-order valence-corrected chi connectivity index (χ2v) is 15.1. The molecule has 0 bridgehead atoms. The number of carboxylic acids is 1. The molecule has 16 heteroatoms. The van der Waals surface area contributed by atoms with Crippen molar-refractivity contribution in [2.45, 2.75) is 96.4 Å². The third-order valence-corrected chi connectivity index (χ3v) is 10.5. The Labute approximate surface area is 332 Å². The van der Waals surface area contributed by atoms with Gasteiger partial charge in [0, 0.05) is 37.8 Å². The van der Waals surface area contributed by atoms with E-state index in [1.54, 1.807) is 49.4 Å². The summed E-state index contributed by atoms with van der Waals surface area (Å²) >= 11 is 0. The number of rotatable bonds is 20. The maximum Gasteiger partial charge on any atom is 0.326 e. The van der Waals surface area contributed by atoms with Crippen LogP contribution in [0.3, 0.4) is 0 Å². The van der Waals surface area contributed by atoms with Crippen molar-refractivity contribution in [3.63, 3.8) is 0 Å². The highest BCUT2D eigenvalue weighted by Crippen LogP contribution is 2.21. The van der Waals surface area contributed by atoms with Crippen LogP contribution in [-0.4, -0.2) is 104 Å². The van der Waals surface area contributed by atoms with E-state index >= 15 is 0 Å². The Hall–Kier alpha value is -5.77. The summed E-state index contributed by atoms with van der Waals surface area (Å²) in [6, 6.07) is 9.95. The van der Waals surface area contributed by atoms with Crippen LogP contribution in [0.4, 0.5) is 0 Å². The second-order valence-electron chi connectivity index (χ2n) is 15.1. The number of phenolic OH excluding ortho intramolecular Hbond substituents is 1. The lowest BCUT2D eigenvalue weighted by atomic mass is 9.94. The molecule has 16 nitrogen and oxygen atoms in total. The molecule has 0 saturated carbocycles. The predicted molar refractivity (Wildman–Crippen MR) is 211 cm³/mol. The molecular formula is C41H56N8O8. The number of imidazole rings is 1. The monoisotopic (exact) mass is 788 g/mol. The third-order valence-electron chi connectivity index (χ3n) is 10.5. The normalized spacial score (nSPS) is 17.1. The first-order chi connectivity index (χ1) is 27.2. The Morgan fingerprint density at radius 1 is 0.877 bits per heavy atom. The number of carboxylic acid groups (broad SMARTS) is 1. The average molecular weight is 789 g/mol. The van der Waals surface area contributed by atoms with Crippen LogP contribution in [0.25, 0.3) is 0 Å². The number of nitrogens with two attached hydrogens (primary N) is 1. The minimum atomic E-state index is -1.23. The number of nitrogens with zero attached hydrogens (tertiary/aromatic N) is 2. The van der Waals surface area contributed by atoms with E-state index in [-0.39, 0.29) is 44.0 Å². The van der Waals surface area contributed by atoms with Crippen LogP contribution in [0.2, 0.25) is 0 Å². The van der Waals surface area contributed by atoms with Crippen molar-refractivity contribution in [3.05, 3.63) is 83.9 Å². The first-order valence-corrected chi connectivity index (χ1v) is 19.4. The fourth-order valence-electron chi connectivity index (χ4n) is 6.69. The number of carbonyl (C=O) groups excluding carboxylic acids is 5. The number of likely N-dealkylation sites (tertiary alicyclic amines) is 1. The molecule has 0 radical (unpaired) electrons. The molecular weight excluding hydrogens is 732 g/mol. The Morgan fingerprint density at radius 2 is 1.56 bits per heavy atom. The lowest BCUT2D eigenvalue weighted by Crippen LogP contribution is -2.59. The zero-order chi connectivity index (χ0) is 41.6. The van der Waals surface area contributed by atoms with Crippen molar-refractivity contribution < 1.29 is 39.0 Å². The van der Waals surface area contributed by atoms with Crippen LogP contribution in [0.5, 0.6) is 5.75 Å². The van der Waals surface area contributed by atoms with Gasteiger partial charge in [-0.2, -0.15) is 0 Å². The Morgan fingerprint density at radius 3 is 2.18 bits per heavy atom. The summed E-state index contributed by atoms with van der Waals surface area (Å²) in [6.07, 6.45) is 4.44. The first-order valence-electron chi connectivity index (χ1n) is 19.4. The van der Waals surface area contributed by atoms with Gasteiger partial charge in [0.2, 0.25) is 29.5 Å². The van der Waals surface area contributed by atoms with Gasteiger partial charge in [0.25, 0.3) is 0 Å². The summed E-state index contributed by atoms with van der Waals surface area (Å²) in [6.45, 7) is 7.41. The molecule has 5 amide bonds. The standard InChI is InChI=1S/C41H56N8O8/c1-5-25(4)35(48-36(51)28(18-27-13-15-30(50)16-14-27)21-44-38(53)34(42)24(2)3)39(54)46-31(20-29-22-43-23-45-29)40(55)49-17-9-12-33(49)37(52)47-32(41(56)57)19-26-10-7-6-8-11-26/h6-8,10-11,13-16,22-25,28,31-35,50H,5,9,12,17-21,42H2,1-4H3,(H,43,45)(H,44,53)(H,46,54)(H,47,52)(H,48,51)(H,56,57)/t25-,28-,31-,32-,33-,34-,35-/m0/s1. The Bertz CT molecular complexity index is 1800. The number of nitrogens with one attached hydrogen (secondary N) is 5. The third kappa shape index (κ3) is 12.6. The number of amides is 5. The predicted octanol–water partition coefficient (Wildman–Crippen LogP) is 1.44. The van der Waals surface area contributed by atoms with E-state index in [1.165, 1.54) is 29.6 Å². The number of aromatic hydroxyl groups is 1. The summed E-state index contributed by atoms with van der Waals surface area (Å²) in [4.78, 5) is 89.4. The molecule has 3 aromatic rings. The van der Waals surface area contributed by atoms with E-state index in [4.69, 9.17) is 5.73 Å². The zero-order valence-corrected chi connectivity index (χ0v) is 32.9. The van der Waals surface area contributed by atoms with Gasteiger partial charge in [-0.15, -0.1) is 0 Å². The number of benzene rings is 2. The van der Waals surface area contributed by atoms with Gasteiger partial charge in [0.15, 0.2) is 0 Å². The molecule has 2 aromatic carbocycles. The summed E-state index contributed by atoms with van der Waals surface area (Å²) in [5.74, 6) is -5.24. The van der Waals surface area contributed by atoms with Crippen LogP contribution in [-0.2, 0) is 48.0 Å². The van der Waals surface area contributed by atoms with Crippen molar-refractivity contribution in [2.75, 3.05) is 13.1 Å². The van der Waals surface area contributed by atoms with Crippen LogP contribution >= 0.6 is 0 Å². The molecule has 4 rings (SSSR count). The summed E-state index contributed by atoms with van der Waals surface area (Å²) in [7, 11) is 0. The highest BCUT2D eigenvalue weighted by Gasteiger charge is 2.40. The molecule has 1 aliphatic rings. The molecule has 7 atom stereocenters. The van der Waals surface area contributed by atoms with Gasteiger partial charge in [0.1, 0.15) is 29.9 Å². The minimum Gasteiger partial charge on any atom is -0.508 e. The molecule has 57 heavy (non-hydrogen) atoms. The number of hydrogen-bond donors (Lipinski definition) is 8. The van der Waals surface area contributed by atoms with Crippen molar-refractivity contribution in [1.82, 2.24) is 36.1 Å². The molecule has 1 fully saturated rings. The lowest BCUT2D eigenvalue weighted by molar-refractivity contribution is -0.145. The highest BCUT2D eigenvalue weighted by molar-refractivity contribution is 5.96. The van der Waals surface area contributed by atoms with E-state index in [0.29, 0.717) is 30.5 Å². The summed E-state index contributed by atoms with van der Waals surface area (Å²) in [5, 5.41) is 30.8. The number of hydrogen-bond acceptors (Lipinski definition) is 9. The smallest absolute Gasteiger partial charge is 0.326 e. The molecule has 308 valence electrons. The highest BCUT2D eigenvalue weighted by atomic mass is 16.4. The van der Waals surface area contributed by atoms with Crippen molar-refractivity contribution in [1.29, 1.82) is 0 Å². The van der Waals surface area contributed by atoms with Crippen LogP contribution < -0.4 is 27.0 Å². The van der Waals surface area contributed by atoms with Gasteiger partial charge in [-0.25, -0.2) is 9.78 Å². The van der Waals surface area contributed by atoms with Crippen LogP contribution in [0, 0.1) is 17.8 Å². The molecule has 9 N–H and O–H groups in total. The average Bonchev–Trinajstić information content (AvgIpc) is 3.91. The molecule has 1 saturated heterocycles. The van der Waals surface area contributed by atoms with E-state index in [1.807, 2.05) is 20.8 Å². The number of aromatic amines is 1.